The SMILES string of the molecule is CNC(=O)[C@H](Cc1ccccc1)N(Cc1ccc(Cl)cc1)C(=O)CCCN(c1ccccc1F)S(C)(=O)=O. The van der Waals surface area contributed by atoms with Crippen LogP contribution in [0.5, 0.6) is 0 Å². The predicted octanol–water partition coefficient (Wildman–Crippen LogP) is 4.41. The highest BCUT2D eigenvalue weighted by Gasteiger charge is 2.30. The largest absolute Gasteiger partial charge is 0.357 e. The fraction of sp³-hybridized carbons (Fsp3) is 0.286. The molecule has 2 amide bonds. The van der Waals surface area contributed by atoms with Crippen molar-refractivity contribution in [2.75, 3.05) is 24.2 Å². The van der Waals surface area contributed by atoms with Crippen LogP contribution in [0.4, 0.5) is 10.1 Å². The third-order valence-electron chi connectivity index (χ3n) is 6.06. The Morgan fingerprint density at radius 3 is 2.18 bits per heavy atom. The third-order valence-corrected chi connectivity index (χ3v) is 7.49. The molecule has 3 rings (SSSR count). The smallest absolute Gasteiger partial charge is 0.242 e. The summed E-state index contributed by atoms with van der Waals surface area (Å²) in [7, 11) is -2.28. The fourth-order valence-electron chi connectivity index (χ4n) is 4.14. The molecule has 1 N–H and O–H groups in total. The molecule has 1 atom stereocenters. The summed E-state index contributed by atoms with van der Waals surface area (Å²) in [5.41, 5.74) is 1.60. The van der Waals surface area contributed by atoms with Gasteiger partial charge in [0.2, 0.25) is 21.8 Å². The maximum Gasteiger partial charge on any atom is 0.242 e. The van der Waals surface area contributed by atoms with E-state index >= 15 is 0 Å². The van der Waals surface area contributed by atoms with Gasteiger partial charge in [-0.15, -0.1) is 0 Å². The molecule has 0 saturated carbocycles. The molecule has 0 saturated heterocycles. The van der Waals surface area contributed by atoms with Crippen LogP contribution in [0.25, 0.3) is 0 Å². The summed E-state index contributed by atoms with van der Waals surface area (Å²) < 4.78 is 40.1. The number of carbonyl (C=O) groups is 2. The molecule has 202 valence electrons. The van der Waals surface area contributed by atoms with Crippen molar-refractivity contribution >= 4 is 39.1 Å². The van der Waals surface area contributed by atoms with Crippen molar-refractivity contribution in [3.8, 4) is 0 Å². The Morgan fingerprint density at radius 2 is 1.58 bits per heavy atom. The summed E-state index contributed by atoms with van der Waals surface area (Å²) in [6.45, 7) is 0.0631. The molecule has 0 aliphatic heterocycles. The minimum absolute atomic E-state index is 0.0453. The lowest BCUT2D eigenvalue weighted by Crippen LogP contribution is -2.49. The summed E-state index contributed by atoms with van der Waals surface area (Å²) in [6.07, 6.45) is 1.37. The van der Waals surface area contributed by atoms with Gasteiger partial charge in [0.1, 0.15) is 11.9 Å². The van der Waals surface area contributed by atoms with Crippen molar-refractivity contribution < 1.29 is 22.4 Å². The summed E-state index contributed by atoms with van der Waals surface area (Å²) in [4.78, 5) is 28.1. The number of rotatable bonds is 12. The first-order chi connectivity index (χ1) is 18.1. The number of likely N-dealkylation sites (N-methyl/N-ethyl adjacent to an activating group) is 1. The number of hydrogen-bond acceptors (Lipinski definition) is 4. The van der Waals surface area contributed by atoms with Crippen LogP contribution in [0, 0.1) is 5.82 Å². The number of nitrogens with zero attached hydrogens (tertiary/aromatic N) is 2. The average Bonchev–Trinajstić information content (AvgIpc) is 2.89. The molecule has 3 aromatic carbocycles. The topological polar surface area (TPSA) is 86.8 Å². The first-order valence-electron chi connectivity index (χ1n) is 12.1. The van der Waals surface area contributed by atoms with Gasteiger partial charge < -0.3 is 10.2 Å². The molecular formula is C28H31ClFN3O4S. The lowest BCUT2D eigenvalue weighted by atomic mass is 10.0. The van der Waals surface area contributed by atoms with Crippen LogP contribution in [0.2, 0.25) is 5.02 Å². The van der Waals surface area contributed by atoms with Crippen molar-refractivity contribution in [1.29, 1.82) is 0 Å². The quantitative estimate of drug-likeness (QED) is 0.356. The lowest BCUT2D eigenvalue weighted by molar-refractivity contribution is -0.141. The van der Waals surface area contributed by atoms with Crippen molar-refractivity contribution in [1.82, 2.24) is 10.2 Å². The standard InChI is InChI=1S/C28H31ClFN3O4S/c1-31-28(35)26(19-21-9-4-3-5-10-21)32(20-22-14-16-23(29)17-15-22)27(34)13-8-18-33(38(2,36)37)25-12-7-6-11-24(25)30/h3-7,9-12,14-17,26H,8,13,18-20H2,1-2H3,(H,31,35)/t26-/m0/s1. The average molecular weight is 560 g/mol. The van der Waals surface area contributed by atoms with Gasteiger partial charge in [-0.05, 0) is 41.8 Å². The van der Waals surface area contributed by atoms with Crippen molar-refractivity contribution in [2.24, 2.45) is 0 Å². The van der Waals surface area contributed by atoms with E-state index in [0.29, 0.717) is 11.4 Å². The van der Waals surface area contributed by atoms with Crippen LogP contribution in [0.1, 0.15) is 24.0 Å². The van der Waals surface area contributed by atoms with Crippen LogP contribution in [-0.4, -0.2) is 51.0 Å². The Balaban J connectivity index is 1.84. The summed E-state index contributed by atoms with van der Waals surface area (Å²) in [5, 5.41) is 3.20. The normalized spacial score (nSPS) is 12.0. The van der Waals surface area contributed by atoms with Gasteiger partial charge in [0, 0.05) is 38.0 Å². The molecule has 0 aliphatic carbocycles. The second kappa shape index (κ2) is 13.4. The Labute approximate surface area is 228 Å². The number of amides is 2. The highest BCUT2D eigenvalue weighted by atomic mass is 35.5. The molecule has 3 aromatic rings. The van der Waals surface area contributed by atoms with Crippen LogP contribution in [0.15, 0.2) is 78.9 Å². The minimum atomic E-state index is -3.79. The lowest BCUT2D eigenvalue weighted by Gasteiger charge is -2.31. The van der Waals surface area contributed by atoms with Gasteiger partial charge in [0.25, 0.3) is 0 Å². The molecule has 0 heterocycles. The van der Waals surface area contributed by atoms with E-state index in [4.69, 9.17) is 11.6 Å². The molecule has 0 bridgehead atoms. The maximum absolute atomic E-state index is 14.4. The number of anilines is 1. The first-order valence-corrected chi connectivity index (χ1v) is 14.3. The summed E-state index contributed by atoms with van der Waals surface area (Å²) in [6, 6.07) is 21.2. The fourth-order valence-corrected chi connectivity index (χ4v) is 5.24. The van der Waals surface area contributed by atoms with Gasteiger partial charge in [-0.1, -0.05) is 66.2 Å². The van der Waals surface area contributed by atoms with Crippen LogP contribution in [0.3, 0.4) is 0 Å². The number of para-hydroxylation sites is 1. The number of sulfonamides is 1. The highest BCUT2D eigenvalue weighted by molar-refractivity contribution is 7.92. The third kappa shape index (κ3) is 8.03. The number of nitrogens with one attached hydrogen (secondary N) is 1. The minimum Gasteiger partial charge on any atom is -0.357 e. The second-order valence-corrected chi connectivity index (χ2v) is 11.2. The molecule has 0 fully saturated rings. The molecule has 0 aromatic heterocycles. The summed E-state index contributed by atoms with van der Waals surface area (Å²) in [5.74, 6) is -1.32. The van der Waals surface area contributed by atoms with Gasteiger partial charge in [-0.2, -0.15) is 0 Å². The van der Waals surface area contributed by atoms with E-state index < -0.39 is 21.9 Å². The Kier molecular flexibility index (Phi) is 10.3. The maximum atomic E-state index is 14.4. The number of halogens is 2. The molecule has 0 spiro atoms. The predicted molar refractivity (Wildman–Crippen MR) is 148 cm³/mol. The van der Waals surface area contributed by atoms with E-state index in [9.17, 15) is 22.4 Å². The number of carbonyl (C=O) groups excluding carboxylic acids is 2. The van der Waals surface area contributed by atoms with E-state index in [1.54, 1.807) is 30.3 Å². The Bertz CT molecular complexity index is 1340. The van der Waals surface area contributed by atoms with Gasteiger partial charge in [0.05, 0.1) is 11.9 Å². The zero-order chi connectivity index (χ0) is 27.7. The number of benzene rings is 3. The first kappa shape index (κ1) is 29.1. The van der Waals surface area contributed by atoms with Crippen molar-refractivity contribution in [2.45, 2.75) is 31.8 Å². The van der Waals surface area contributed by atoms with E-state index in [-0.39, 0.29) is 43.4 Å². The van der Waals surface area contributed by atoms with Crippen molar-refractivity contribution in [3.05, 3.63) is 101 Å². The van der Waals surface area contributed by atoms with Crippen LogP contribution < -0.4 is 9.62 Å². The second-order valence-electron chi connectivity index (χ2n) is 8.86. The van der Waals surface area contributed by atoms with Crippen LogP contribution >= 0.6 is 11.6 Å². The van der Waals surface area contributed by atoms with E-state index in [2.05, 4.69) is 5.32 Å². The number of hydrogen-bond donors (Lipinski definition) is 1. The Hall–Kier alpha value is -3.43. The molecular weight excluding hydrogens is 529 g/mol. The highest BCUT2D eigenvalue weighted by Crippen LogP contribution is 2.23. The molecule has 0 aliphatic rings. The monoisotopic (exact) mass is 559 g/mol. The van der Waals surface area contributed by atoms with Crippen molar-refractivity contribution in [3.63, 3.8) is 0 Å². The molecule has 7 nitrogen and oxygen atoms in total. The van der Waals surface area contributed by atoms with Gasteiger partial charge >= 0.3 is 0 Å². The van der Waals surface area contributed by atoms with E-state index in [1.807, 2.05) is 30.3 Å². The molecule has 10 heteroatoms. The molecule has 38 heavy (non-hydrogen) atoms. The van der Waals surface area contributed by atoms with Gasteiger partial charge in [0.15, 0.2) is 0 Å². The van der Waals surface area contributed by atoms with Gasteiger partial charge in [-0.3, -0.25) is 13.9 Å². The Morgan fingerprint density at radius 1 is 0.947 bits per heavy atom. The summed E-state index contributed by atoms with van der Waals surface area (Å²) >= 11 is 6.03. The van der Waals surface area contributed by atoms with E-state index in [1.165, 1.54) is 30.1 Å². The van der Waals surface area contributed by atoms with Crippen LogP contribution in [-0.2, 0) is 32.6 Å². The molecule has 0 unspecified atom stereocenters. The van der Waals surface area contributed by atoms with Gasteiger partial charge in [-0.25, -0.2) is 12.8 Å². The molecule has 0 radical (unpaired) electrons. The van der Waals surface area contributed by atoms with E-state index in [0.717, 1.165) is 21.7 Å². The zero-order valence-corrected chi connectivity index (χ0v) is 22.9. The zero-order valence-electron chi connectivity index (χ0n) is 21.3.